The summed E-state index contributed by atoms with van der Waals surface area (Å²) in [6, 6.07) is 6.67. The summed E-state index contributed by atoms with van der Waals surface area (Å²) in [6.07, 6.45) is 4.06. The van der Waals surface area contributed by atoms with Gasteiger partial charge in [-0.05, 0) is 44.5 Å². The largest absolute Gasteiger partial charge is 0.309 e. The number of hydrogen-bond acceptors (Lipinski definition) is 2. The van der Waals surface area contributed by atoms with E-state index in [1.54, 1.807) is 0 Å². The van der Waals surface area contributed by atoms with Crippen molar-refractivity contribution in [3.63, 3.8) is 0 Å². The third-order valence-corrected chi connectivity index (χ3v) is 3.56. The van der Waals surface area contributed by atoms with Crippen LogP contribution in [0, 0.1) is 13.8 Å². The molecule has 0 saturated heterocycles. The van der Waals surface area contributed by atoms with Crippen molar-refractivity contribution >= 4 is 0 Å². The first kappa shape index (κ1) is 12.8. The molecule has 0 amide bonds. The van der Waals surface area contributed by atoms with E-state index in [1.165, 1.54) is 22.3 Å². The van der Waals surface area contributed by atoms with Crippen LogP contribution in [0.1, 0.15) is 35.2 Å². The Morgan fingerprint density at radius 1 is 1.33 bits per heavy atom. The fraction of sp³-hybridized carbons (Fsp3) is 0.400. The van der Waals surface area contributed by atoms with Crippen LogP contribution in [0.4, 0.5) is 0 Å². The molecule has 0 saturated carbocycles. The molecule has 0 radical (unpaired) electrons. The fourth-order valence-electron chi connectivity index (χ4n) is 2.29. The van der Waals surface area contributed by atoms with Crippen LogP contribution in [-0.2, 0) is 6.54 Å². The molecule has 0 aliphatic rings. The Kier molecular flexibility index (Phi) is 3.82. The van der Waals surface area contributed by atoms with Crippen LogP contribution in [0.2, 0.25) is 0 Å². The Labute approximate surface area is 109 Å². The average molecular weight is 243 g/mol. The number of aromatic nitrogens is 2. The van der Waals surface area contributed by atoms with Crippen molar-refractivity contribution in [3.8, 4) is 0 Å². The first-order valence-corrected chi connectivity index (χ1v) is 6.43. The van der Waals surface area contributed by atoms with Crippen molar-refractivity contribution in [2.24, 2.45) is 0 Å². The SMILES string of the molecule is CCn1cc(C(NC)c2cccc(C)c2C)cn1. The molecule has 3 nitrogen and oxygen atoms in total. The lowest BCUT2D eigenvalue weighted by atomic mass is 9.94. The van der Waals surface area contributed by atoms with E-state index in [0.29, 0.717) is 0 Å². The molecule has 2 rings (SSSR count). The van der Waals surface area contributed by atoms with Gasteiger partial charge in [0.2, 0.25) is 0 Å². The summed E-state index contributed by atoms with van der Waals surface area (Å²) < 4.78 is 1.96. The second kappa shape index (κ2) is 5.36. The number of nitrogens with one attached hydrogen (secondary N) is 1. The van der Waals surface area contributed by atoms with Crippen LogP contribution in [0.3, 0.4) is 0 Å². The highest BCUT2D eigenvalue weighted by molar-refractivity contribution is 5.39. The molecule has 96 valence electrons. The van der Waals surface area contributed by atoms with Crippen molar-refractivity contribution in [2.75, 3.05) is 7.05 Å². The molecule has 1 unspecified atom stereocenters. The first-order chi connectivity index (χ1) is 8.67. The van der Waals surface area contributed by atoms with Gasteiger partial charge in [-0.1, -0.05) is 18.2 Å². The topological polar surface area (TPSA) is 29.9 Å². The molecule has 1 N–H and O–H groups in total. The predicted molar refractivity (Wildman–Crippen MR) is 74.7 cm³/mol. The maximum atomic E-state index is 4.36. The Balaban J connectivity index is 2.41. The monoisotopic (exact) mass is 243 g/mol. The zero-order chi connectivity index (χ0) is 13.1. The smallest absolute Gasteiger partial charge is 0.0608 e. The van der Waals surface area contributed by atoms with Crippen LogP contribution in [0.25, 0.3) is 0 Å². The molecule has 2 aromatic rings. The van der Waals surface area contributed by atoms with E-state index in [4.69, 9.17) is 0 Å². The van der Waals surface area contributed by atoms with E-state index >= 15 is 0 Å². The Bertz CT molecular complexity index is 528. The van der Waals surface area contributed by atoms with Gasteiger partial charge >= 0.3 is 0 Å². The molecular formula is C15H21N3. The second-order valence-corrected chi connectivity index (χ2v) is 4.64. The van der Waals surface area contributed by atoms with Crippen molar-refractivity contribution in [1.29, 1.82) is 0 Å². The summed E-state index contributed by atoms with van der Waals surface area (Å²) in [5.41, 5.74) is 5.22. The molecule has 18 heavy (non-hydrogen) atoms. The van der Waals surface area contributed by atoms with E-state index in [0.717, 1.165) is 6.54 Å². The third-order valence-electron chi connectivity index (χ3n) is 3.56. The van der Waals surface area contributed by atoms with Crippen molar-refractivity contribution in [2.45, 2.75) is 33.4 Å². The van der Waals surface area contributed by atoms with Gasteiger partial charge in [0.1, 0.15) is 0 Å². The molecular weight excluding hydrogens is 222 g/mol. The van der Waals surface area contributed by atoms with Gasteiger partial charge in [0.05, 0.1) is 12.2 Å². The minimum atomic E-state index is 0.213. The summed E-state index contributed by atoms with van der Waals surface area (Å²) >= 11 is 0. The number of aryl methyl sites for hydroxylation is 2. The first-order valence-electron chi connectivity index (χ1n) is 6.43. The summed E-state index contributed by atoms with van der Waals surface area (Å²) in [5, 5.41) is 7.74. The maximum Gasteiger partial charge on any atom is 0.0608 e. The number of hydrogen-bond donors (Lipinski definition) is 1. The molecule has 1 aromatic heterocycles. The minimum absolute atomic E-state index is 0.213. The predicted octanol–water partition coefficient (Wildman–Crippen LogP) is 2.83. The van der Waals surface area contributed by atoms with Gasteiger partial charge in [0, 0.05) is 18.3 Å². The van der Waals surface area contributed by atoms with Crippen LogP contribution >= 0.6 is 0 Å². The lowest BCUT2D eigenvalue weighted by Crippen LogP contribution is -2.18. The van der Waals surface area contributed by atoms with E-state index < -0.39 is 0 Å². The average Bonchev–Trinajstić information content (AvgIpc) is 2.84. The lowest BCUT2D eigenvalue weighted by Gasteiger charge is -2.18. The summed E-state index contributed by atoms with van der Waals surface area (Å²) in [7, 11) is 2.00. The third kappa shape index (κ3) is 2.31. The zero-order valence-electron chi connectivity index (χ0n) is 11.6. The van der Waals surface area contributed by atoms with Crippen LogP contribution in [0.15, 0.2) is 30.6 Å². The Hall–Kier alpha value is -1.61. The van der Waals surface area contributed by atoms with Crippen LogP contribution in [-0.4, -0.2) is 16.8 Å². The van der Waals surface area contributed by atoms with Gasteiger partial charge in [0.15, 0.2) is 0 Å². The van der Waals surface area contributed by atoms with Crippen molar-refractivity contribution in [1.82, 2.24) is 15.1 Å². The van der Waals surface area contributed by atoms with Gasteiger partial charge in [-0.25, -0.2) is 0 Å². The lowest BCUT2D eigenvalue weighted by molar-refractivity contribution is 0.653. The Morgan fingerprint density at radius 3 is 2.72 bits per heavy atom. The summed E-state index contributed by atoms with van der Waals surface area (Å²) in [6.45, 7) is 7.34. The number of nitrogens with zero attached hydrogens (tertiary/aromatic N) is 2. The zero-order valence-corrected chi connectivity index (χ0v) is 11.6. The van der Waals surface area contributed by atoms with E-state index in [1.807, 2.05) is 17.9 Å². The van der Waals surface area contributed by atoms with Crippen molar-refractivity contribution in [3.05, 3.63) is 52.8 Å². The maximum absolute atomic E-state index is 4.36. The van der Waals surface area contributed by atoms with Gasteiger partial charge in [-0.2, -0.15) is 5.10 Å². The van der Waals surface area contributed by atoms with Crippen LogP contribution < -0.4 is 5.32 Å². The molecule has 0 spiro atoms. The molecule has 1 aromatic carbocycles. The van der Waals surface area contributed by atoms with E-state index in [2.05, 4.69) is 55.6 Å². The highest BCUT2D eigenvalue weighted by Gasteiger charge is 2.16. The van der Waals surface area contributed by atoms with E-state index in [-0.39, 0.29) is 6.04 Å². The molecule has 0 aliphatic heterocycles. The molecule has 0 bridgehead atoms. The summed E-state index contributed by atoms with van der Waals surface area (Å²) in [4.78, 5) is 0. The molecule has 0 aliphatic carbocycles. The Morgan fingerprint density at radius 2 is 2.11 bits per heavy atom. The minimum Gasteiger partial charge on any atom is -0.309 e. The highest BCUT2D eigenvalue weighted by Crippen LogP contribution is 2.25. The van der Waals surface area contributed by atoms with Gasteiger partial charge in [0.25, 0.3) is 0 Å². The van der Waals surface area contributed by atoms with Gasteiger partial charge in [-0.3, -0.25) is 4.68 Å². The highest BCUT2D eigenvalue weighted by atomic mass is 15.3. The molecule has 1 atom stereocenters. The van der Waals surface area contributed by atoms with Gasteiger partial charge in [-0.15, -0.1) is 0 Å². The summed E-state index contributed by atoms with van der Waals surface area (Å²) in [5.74, 6) is 0. The van der Waals surface area contributed by atoms with Gasteiger partial charge < -0.3 is 5.32 Å². The van der Waals surface area contributed by atoms with Crippen molar-refractivity contribution < 1.29 is 0 Å². The number of benzene rings is 1. The standard InChI is InChI=1S/C15H21N3/c1-5-18-10-13(9-17-18)15(16-4)14-8-6-7-11(2)12(14)3/h6-10,15-16H,5H2,1-4H3. The number of rotatable bonds is 4. The van der Waals surface area contributed by atoms with E-state index in [9.17, 15) is 0 Å². The fourth-order valence-corrected chi connectivity index (χ4v) is 2.29. The second-order valence-electron chi connectivity index (χ2n) is 4.64. The quantitative estimate of drug-likeness (QED) is 0.895. The normalized spacial score (nSPS) is 12.7. The molecule has 0 fully saturated rings. The van der Waals surface area contributed by atoms with Crippen LogP contribution in [0.5, 0.6) is 0 Å². The molecule has 3 heteroatoms. The molecule has 1 heterocycles.